The lowest BCUT2D eigenvalue weighted by Gasteiger charge is -2.03. The van der Waals surface area contributed by atoms with Crippen molar-refractivity contribution in [2.75, 3.05) is 6.61 Å². The largest absolute Gasteiger partial charge is 0.494 e. The van der Waals surface area contributed by atoms with Crippen molar-refractivity contribution >= 4 is 18.4 Å². The van der Waals surface area contributed by atoms with Gasteiger partial charge in [-0.1, -0.05) is 12.1 Å². The van der Waals surface area contributed by atoms with Crippen LogP contribution in [0.25, 0.3) is 11.6 Å². The second-order valence-electron chi connectivity index (χ2n) is 4.39. The Bertz CT molecular complexity index is 833. The highest BCUT2D eigenvalue weighted by Gasteiger charge is 2.10. The van der Waals surface area contributed by atoms with Crippen molar-refractivity contribution in [2.45, 2.75) is 6.92 Å². The molecule has 0 unspecified atom stereocenters. The fourth-order valence-corrected chi connectivity index (χ4v) is 2.12. The summed E-state index contributed by atoms with van der Waals surface area (Å²) < 4.78 is 12.7. The normalized spacial score (nSPS) is 11.1. The molecule has 0 bridgehead atoms. The summed E-state index contributed by atoms with van der Waals surface area (Å²) in [5.74, 6) is 1.91. The second kappa shape index (κ2) is 6.40. The third-order valence-corrected chi connectivity index (χ3v) is 3.15. The standard InChI is InChI=1S/C15H14N4O2S/c1-2-20-12-6-3-5-11(9-12)10-16-19-14(17-18-15(19)22)13-7-4-8-21-13/h3-10H,2H2,1H3,(H,18,22)/b16-10-. The molecule has 2 heterocycles. The van der Waals surface area contributed by atoms with Crippen LogP contribution in [-0.4, -0.2) is 27.7 Å². The maximum Gasteiger partial charge on any atom is 0.219 e. The monoisotopic (exact) mass is 314 g/mol. The highest BCUT2D eigenvalue weighted by Crippen LogP contribution is 2.17. The van der Waals surface area contributed by atoms with E-state index >= 15 is 0 Å². The summed E-state index contributed by atoms with van der Waals surface area (Å²) in [6, 6.07) is 11.2. The van der Waals surface area contributed by atoms with E-state index in [1.165, 1.54) is 4.68 Å². The van der Waals surface area contributed by atoms with Gasteiger partial charge in [-0.25, -0.2) is 5.10 Å². The number of furan rings is 1. The SMILES string of the molecule is CCOc1cccc(/C=N\n2c(-c3ccco3)n[nH]c2=S)c1. The number of nitrogens with one attached hydrogen (secondary N) is 1. The van der Waals surface area contributed by atoms with Crippen molar-refractivity contribution in [3.05, 3.63) is 53.0 Å². The molecule has 1 aromatic carbocycles. The first-order valence-electron chi connectivity index (χ1n) is 6.76. The maximum absolute atomic E-state index is 5.47. The van der Waals surface area contributed by atoms with E-state index in [0.29, 0.717) is 23.0 Å². The Morgan fingerprint density at radius 2 is 2.32 bits per heavy atom. The Morgan fingerprint density at radius 1 is 1.41 bits per heavy atom. The zero-order valence-electron chi connectivity index (χ0n) is 11.9. The van der Waals surface area contributed by atoms with Crippen LogP contribution in [0.2, 0.25) is 0 Å². The van der Waals surface area contributed by atoms with Gasteiger partial charge in [-0.2, -0.15) is 9.78 Å². The van der Waals surface area contributed by atoms with E-state index in [1.807, 2.05) is 31.2 Å². The molecule has 0 amide bonds. The summed E-state index contributed by atoms with van der Waals surface area (Å²) in [5, 5.41) is 11.2. The van der Waals surface area contributed by atoms with Gasteiger partial charge in [-0.15, -0.1) is 5.10 Å². The van der Waals surface area contributed by atoms with Gasteiger partial charge in [0.15, 0.2) is 5.76 Å². The predicted octanol–water partition coefficient (Wildman–Crippen LogP) is 3.48. The van der Waals surface area contributed by atoms with Crippen LogP contribution in [0.4, 0.5) is 0 Å². The molecule has 22 heavy (non-hydrogen) atoms. The number of aromatic amines is 1. The first-order chi connectivity index (χ1) is 10.8. The third-order valence-electron chi connectivity index (χ3n) is 2.88. The average molecular weight is 314 g/mol. The molecule has 1 N–H and O–H groups in total. The Morgan fingerprint density at radius 3 is 3.09 bits per heavy atom. The summed E-state index contributed by atoms with van der Waals surface area (Å²) in [6.45, 7) is 2.57. The van der Waals surface area contributed by atoms with E-state index < -0.39 is 0 Å². The summed E-state index contributed by atoms with van der Waals surface area (Å²) in [6.07, 6.45) is 3.27. The minimum Gasteiger partial charge on any atom is -0.494 e. The number of aromatic nitrogens is 3. The van der Waals surface area contributed by atoms with Crippen LogP contribution in [0, 0.1) is 4.77 Å². The summed E-state index contributed by atoms with van der Waals surface area (Å²) in [4.78, 5) is 0. The van der Waals surface area contributed by atoms with Gasteiger partial charge < -0.3 is 9.15 Å². The molecule has 7 heteroatoms. The lowest BCUT2D eigenvalue weighted by molar-refractivity contribution is 0.340. The van der Waals surface area contributed by atoms with Gasteiger partial charge in [0.25, 0.3) is 0 Å². The summed E-state index contributed by atoms with van der Waals surface area (Å²) in [7, 11) is 0. The first-order valence-corrected chi connectivity index (χ1v) is 7.17. The van der Waals surface area contributed by atoms with E-state index in [-0.39, 0.29) is 0 Å². The molecule has 3 rings (SSSR count). The molecule has 3 aromatic rings. The number of rotatable bonds is 5. The Hall–Kier alpha value is -2.67. The number of benzene rings is 1. The zero-order valence-corrected chi connectivity index (χ0v) is 12.7. The van der Waals surface area contributed by atoms with Crippen LogP contribution in [-0.2, 0) is 0 Å². The van der Waals surface area contributed by atoms with Crippen LogP contribution in [0.3, 0.4) is 0 Å². The number of hydrogen-bond donors (Lipinski definition) is 1. The van der Waals surface area contributed by atoms with E-state index in [0.717, 1.165) is 11.3 Å². The minimum absolute atomic E-state index is 0.392. The van der Waals surface area contributed by atoms with Crippen molar-refractivity contribution in [1.82, 2.24) is 14.9 Å². The highest BCUT2D eigenvalue weighted by atomic mass is 32.1. The lowest BCUT2D eigenvalue weighted by atomic mass is 10.2. The predicted molar refractivity (Wildman–Crippen MR) is 85.7 cm³/mol. The molecule has 112 valence electrons. The van der Waals surface area contributed by atoms with Crippen molar-refractivity contribution < 1.29 is 9.15 Å². The zero-order chi connectivity index (χ0) is 15.4. The summed E-state index contributed by atoms with van der Waals surface area (Å²) >= 11 is 5.19. The van der Waals surface area contributed by atoms with E-state index in [9.17, 15) is 0 Å². The van der Waals surface area contributed by atoms with E-state index in [4.69, 9.17) is 21.4 Å². The number of H-pyrrole nitrogens is 1. The number of ether oxygens (including phenoxy) is 1. The fraction of sp³-hybridized carbons (Fsp3) is 0.133. The van der Waals surface area contributed by atoms with E-state index in [1.54, 1.807) is 24.6 Å². The fourth-order valence-electron chi connectivity index (χ4n) is 1.94. The molecule has 0 atom stereocenters. The minimum atomic E-state index is 0.392. The van der Waals surface area contributed by atoms with Crippen molar-refractivity contribution in [2.24, 2.45) is 5.10 Å². The molecular formula is C15H14N4O2S. The molecule has 0 aliphatic carbocycles. The first kappa shape index (κ1) is 14.3. The molecular weight excluding hydrogens is 300 g/mol. The molecule has 6 nitrogen and oxygen atoms in total. The number of nitrogens with zero attached hydrogens (tertiary/aromatic N) is 3. The Kier molecular flexibility index (Phi) is 4.15. The summed E-state index contributed by atoms with van der Waals surface area (Å²) in [5.41, 5.74) is 0.902. The van der Waals surface area contributed by atoms with Crippen molar-refractivity contribution in [3.8, 4) is 17.3 Å². The molecule has 0 fully saturated rings. The Balaban J connectivity index is 1.92. The maximum atomic E-state index is 5.47. The molecule has 2 aromatic heterocycles. The van der Waals surface area contributed by atoms with Gasteiger partial charge >= 0.3 is 0 Å². The molecule has 0 saturated carbocycles. The van der Waals surface area contributed by atoms with Crippen molar-refractivity contribution in [1.29, 1.82) is 0 Å². The van der Waals surface area contributed by atoms with Crippen LogP contribution >= 0.6 is 12.2 Å². The molecule has 0 radical (unpaired) electrons. The molecule has 0 spiro atoms. The van der Waals surface area contributed by atoms with Gasteiger partial charge in [0, 0.05) is 0 Å². The average Bonchev–Trinajstić information content (AvgIpc) is 3.15. The van der Waals surface area contributed by atoms with Crippen LogP contribution in [0.5, 0.6) is 5.75 Å². The van der Waals surface area contributed by atoms with Gasteiger partial charge in [0.1, 0.15) is 5.75 Å². The highest BCUT2D eigenvalue weighted by molar-refractivity contribution is 7.71. The van der Waals surface area contributed by atoms with Gasteiger partial charge in [-0.3, -0.25) is 0 Å². The molecule has 0 aliphatic rings. The molecule has 0 aliphatic heterocycles. The van der Waals surface area contributed by atoms with Crippen LogP contribution in [0.15, 0.2) is 52.2 Å². The van der Waals surface area contributed by atoms with Crippen molar-refractivity contribution in [3.63, 3.8) is 0 Å². The molecule has 0 saturated heterocycles. The second-order valence-corrected chi connectivity index (χ2v) is 4.78. The Labute approximate surface area is 132 Å². The van der Waals surface area contributed by atoms with Crippen LogP contribution in [0.1, 0.15) is 12.5 Å². The smallest absolute Gasteiger partial charge is 0.219 e. The quantitative estimate of drug-likeness (QED) is 0.578. The number of hydrogen-bond acceptors (Lipinski definition) is 5. The van der Waals surface area contributed by atoms with Gasteiger partial charge in [0.2, 0.25) is 10.6 Å². The van der Waals surface area contributed by atoms with Gasteiger partial charge in [0.05, 0.1) is 19.1 Å². The third kappa shape index (κ3) is 2.99. The van der Waals surface area contributed by atoms with E-state index in [2.05, 4.69) is 15.3 Å². The topological polar surface area (TPSA) is 68.3 Å². The lowest BCUT2D eigenvalue weighted by Crippen LogP contribution is -1.95. The van der Waals surface area contributed by atoms with Gasteiger partial charge in [-0.05, 0) is 49.0 Å². The van der Waals surface area contributed by atoms with Crippen LogP contribution < -0.4 is 4.74 Å².